The molecule has 1 aromatic carbocycles. The Morgan fingerprint density at radius 1 is 1.35 bits per heavy atom. The van der Waals surface area contributed by atoms with E-state index in [2.05, 4.69) is 17.5 Å². The molecule has 0 atom stereocenters. The van der Waals surface area contributed by atoms with Crippen LogP contribution in [0, 0.1) is 5.82 Å². The zero-order chi connectivity index (χ0) is 13.1. The molecule has 0 amide bonds. The van der Waals surface area contributed by atoms with E-state index in [1.165, 1.54) is 6.07 Å². The lowest BCUT2D eigenvalue weighted by molar-refractivity contribution is -0.131. The van der Waals surface area contributed by atoms with Gasteiger partial charge in [0, 0.05) is 17.8 Å². The summed E-state index contributed by atoms with van der Waals surface area (Å²) < 4.78 is 48.7. The molecule has 0 saturated carbocycles. The average Bonchev–Trinajstić information content (AvgIpc) is 2.18. The Balaban J connectivity index is 2.74. The Kier molecular flexibility index (Phi) is 4.28. The van der Waals surface area contributed by atoms with Crippen molar-refractivity contribution in [3.8, 4) is 0 Å². The second kappa shape index (κ2) is 5.31. The summed E-state index contributed by atoms with van der Waals surface area (Å²) in [6, 6.07) is 3.51. The predicted molar refractivity (Wildman–Crippen MR) is 61.4 cm³/mol. The quantitative estimate of drug-likeness (QED) is 0.650. The minimum Gasteiger partial charge on any atom is -0.389 e. The molecule has 0 aliphatic heterocycles. The van der Waals surface area contributed by atoms with E-state index >= 15 is 0 Å². The van der Waals surface area contributed by atoms with Crippen LogP contribution in [0.15, 0.2) is 18.2 Å². The SMILES string of the molecule is NC(=S)c1cc(F)ccc1NCCC(F)(F)F. The first-order valence-corrected chi connectivity index (χ1v) is 5.10. The molecule has 0 aliphatic carbocycles. The Morgan fingerprint density at radius 3 is 2.53 bits per heavy atom. The Morgan fingerprint density at radius 2 is 2.00 bits per heavy atom. The van der Waals surface area contributed by atoms with Gasteiger partial charge in [0.15, 0.2) is 0 Å². The molecule has 1 aromatic rings. The van der Waals surface area contributed by atoms with Gasteiger partial charge in [0.1, 0.15) is 10.8 Å². The van der Waals surface area contributed by atoms with E-state index < -0.39 is 18.4 Å². The van der Waals surface area contributed by atoms with Gasteiger partial charge in [-0.15, -0.1) is 0 Å². The third-order valence-electron chi connectivity index (χ3n) is 1.97. The van der Waals surface area contributed by atoms with Crippen LogP contribution in [-0.4, -0.2) is 17.7 Å². The topological polar surface area (TPSA) is 38.0 Å². The summed E-state index contributed by atoms with van der Waals surface area (Å²) in [6.07, 6.45) is -5.22. The molecule has 0 heterocycles. The molecule has 0 aliphatic rings. The summed E-state index contributed by atoms with van der Waals surface area (Å²) in [6.45, 7) is -0.315. The van der Waals surface area contributed by atoms with Gasteiger partial charge in [-0.3, -0.25) is 0 Å². The third kappa shape index (κ3) is 4.56. The Labute approximate surface area is 101 Å². The van der Waals surface area contributed by atoms with Crippen molar-refractivity contribution in [2.75, 3.05) is 11.9 Å². The van der Waals surface area contributed by atoms with Gasteiger partial charge in [-0.05, 0) is 18.2 Å². The summed E-state index contributed by atoms with van der Waals surface area (Å²) in [4.78, 5) is -0.0704. The van der Waals surface area contributed by atoms with Crippen LogP contribution in [0.25, 0.3) is 0 Å². The normalized spacial score (nSPS) is 11.3. The number of alkyl halides is 3. The zero-order valence-corrected chi connectivity index (χ0v) is 9.46. The van der Waals surface area contributed by atoms with Crippen LogP contribution >= 0.6 is 12.2 Å². The molecule has 0 radical (unpaired) electrons. The molecule has 0 aromatic heterocycles. The van der Waals surface area contributed by atoms with Gasteiger partial charge < -0.3 is 11.1 Å². The smallest absolute Gasteiger partial charge is 0.389 e. The van der Waals surface area contributed by atoms with E-state index in [0.717, 1.165) is 12.1 Å². The van der Waals surface area contributed by atoms with Crippen LogP contribution < -0.4 is 11.1 Å². The molecule has 0 spiro atoms. The maximum atomic E-state index is 12.9. The van der Waals surface area contributed by atoms with Gasteiger partial charge in [-0.2, -0.15) is 13.2 Å². The maximum absolute atomic E-state index is 12.9. The number of hydrogen-bond acceptors (Lipinski definition) is 2. The molecular formula is C10H10F4N2S. The summed E-state index contributed by atoms with van der Waals surface area (Å²) in [5, 5.41) is 2.52. The molecule has 94 valence electrons. The van der Waals surface area contributed by atoms with Crippen molar-refractivity contribution in [3.63, 3.8) is 0 Å². The number of thiocarbonyl (C=S) groups is 1. The molecule has 7 heteroatoms. The van der Waals surface area contributed by atoms with E-state index in [0.29, 0.717) is 5.69 Å². The van der Waals surface area contributed by atoms with Gasteiger partial charge >= 0.3 is 6.18 Å². The van der Waals surface area contributed by atoms with Crippen LogP contribution in [0.1, 0.15) is 12.0 Å². The fourth-order valence-corrected chi connectivity index (χ4v) is 1.38. The molecule has 0 saturated heterocycles. The second-order valence-electron chi connectivity index (χ2n) is 3.35. The van der Waals surface area contributed by atoms with Gasteiger partial charge in [-0.1, -0.05) is 12.2 Å². The molecule has 2 nitrogen and oxygen atoms in total. The molecule has 1 rings (SSSR count). The fourth-order valence-electron chi connectivity index (χ4n) is 1.21. The van der Waals surface area contributed by atoms with Crippen LogP contribution in [0.2, 0.25) is 0 Å². The number of nitrogens with two attached hydrogens (primary N) is 1. The average molecular weight is 266 g/mol. The number of nitrogens with one attached hydrogen (secondary N) is 1. The highest BCUT2D eigenvalue weighted by atomic mass is 32.1. The van der Waals surface area contributed by atoms with E-state index in [-0.39, 0.29) is 17.1 Å². The van der Waals surface area contributed by atoms with E-state index in [4.69, 9.17) is 5.73 Å². The Bertz CT molecular complexity index is 417. The minimum absolute atomic E-state index is 0.0704. The van der Waals surface area contributed by atoms with Crippen molar-refractivity contribution < 1.29 is 17.6 Å². The Hall–Kier alpha value is -1.37. The number of rotatable bonds is 4. The predicted octanol–water partition coefficient (Wildman–Crippen LogP) is 2.82. The first kappa shape index (κ1) is 13.7. The minimum atomic E-state index is -4.24. The zero-order valence-electron chi connectivity index (χ0n) is 8.64. The van der Waals surface area contributed by atoms with Gasteiger partial charge in [0.2, 0.25) is 0 Å². The van der Waals surface area contributed by atoms with E-state index in [1.807, 2.05) is 0 Å². The van der Waals surface area contributed by atoms with Crippen LogP contribution in [0.4, 0.5) is 23.2 Å². The lowest BCUT2D eigenvalue weighted by Gasteiger charge is -2.12. The second-order valence-corrected chi connectivity index (χ2v) is 3.79. The first-order chi connectivity index (χ1) is 7.79. The summed E-state index contributed by atoms with van der Waals surface area (Å²) in [5.41, 5.74) is 5.83. The van der Waals surface area contributed by atoms with Crippen molar-refractivity contribution in [2.45, 2.75) is 12.6 Å². The van der Waals surface area contributed by atoms with Gasteiger partial charge in [0.25, 0.3) is 0 Å². The van der Waals surface area contributed by atoms with Gasteiger partial charge in [0.05, 0.1) is 6.42 Å². The number of benzene rings is 1. The monoisotopic (exact) mass is 266 g/mol. The fraction of sp³-hybridized carbons (Fsp3) is 0.300. The summed E-state index contributed by atoms with van der Waals surface area (Å²) in [5.74, 6) is -0.547. The molecule has 0 unspecified atom stereocenters. The number of hydrogen-bond donors (Lipinski definition) is 2. The van der Waals surface area contributed by atoms with Crippen molar-refractivity contribution in [2.24, 2.45) is 5.73 Å². The van der Waals surface area contributed by atoms with Crippen molar-refractivity contribution in [3.05, 3.63) is 29.6 Å². The molecule has 0 bridgehead atoms. The van der Waals surface area contributed by atoms with Crippen molar-refractivity contribution >= 4 is 22.9 Å². The van der Waals surface area contributed by atoms with Crippen LogP contribution in [0.3, 0.4) is 0 Å². The van der Waals surface area contributed by atoms with Gasteiger partial charge in [-0.25, -0.2) is 4.39 Å². The van der Waals surface area contributed by atoms with Crippen molar-refractivity contribution in [1.82, 2.24) is 0 Å². The van der Waals surface area contributed by atoms with Crippen LogP contribution in [0.5, 0.6) is 0 Å². The largest absolute Gasteiger partial charge is 0.390 e. The van der Waals surface area contributed by atoms with Crippen LogP contribution in [-0.2, 0) is 0 Å². The summed E-state index contributed by atoms with van der Waals surface area (Å²) >= 11 is 4.68. The highest BCUT2D eigenvalue weighted by Gasteiger charge is 2.26. The molecule has 17 heavy (non-hydrogen) atoms. The lowest BCUT2D eigenvalue weighted by atomic mass is 10.1. The third-order valence-corrected chi connectivity index (χ3v) is 2.19. The first-order valence-electron chi connectivity index (χ1n) is 4.69. The lowest BCUT2D eigenvalue weighted by Crippen LogP contribution is -2.18. The molecule has 0 fully saturated rings. The summed E-state index contributed by atoms with van der Waals surface area (Å²) in [7, 11) is 0. The standard InChI is InChI=1S/C10H10F4N2S/c11-6-1-2-8(7(5-6)9(15)17)16-4-3-10(12,13)14/h1-2,5,16H,3-4H2,(H2,15,17). The van der Waals surface area contributed by atoms with Crippen molar-refractivity contribution in [1.29, 1.82) is 0 Å². The molecule has 3 N–H and O–H groups in total. The number of halogens is 4. The maximum Gasteiger partial charge on any atom is 0.390 e. The van der Waals surface area contributed by atoms with E-state index in [1.54, 1.807) is 0 Å². The van der Waals surface area contributed by atoms with E-state index in [9.17, 15) is 17.6 Å². The highest BCUT2D eigenvalue weighted by Crippen LogP contribution is 2.21. The molecular weight excluding hydrogens is 256 g/mol. The highest BCUT2D eigenvalue weighted by molar-refractivity contribution is 7.80. The number of anilines is 1.